The van der Waals surface area contributed by atoms with Gasteiger partial charge in [-0.2, -0.15) is 0 Å². The smallest absolute Gasteiger partial charge is 0.192 e. The lowest BCUT2D eigenvalue weighted by atomic mass is 10.2. The molecule has 0 saturated carbocycles. The van der Waals surface area contributed by atoms with E-state index in [2.05, 4.69) is 53.4 Å². The highest BCUT2D eigenvalue weighted by Gasteiger charge is 2.36. The lowest BCUT2D eigenvalue weighted by Gasteiger charge is -2.36. The van der Waals surface area contributed by atoms with Gasteiger partial charge in [-0.25, -0.2) is 0 Å². The molecule has 0 rings (SSSR count). The normalized spacial score (nSPS) is 14.1. The molecule has 0 spiro atoms. The third-order valence-corrected chi connectivity index (χ3v) is 7.58. The zero-order chi connectivity index (χ0) is 12.1. The van der Waals surface area contributed by atoms with E-state index in [1.54, 1.807) is 0 Å². The Morgan fingerprint density at radius 1 is 1.33 bits per heavy atom. The van der Waals surface area contributed by atoms with Gasteiger partial charge in [-0.3, -0.25) is 0 Å². The Balaban J connectivity index is 4.21. The van der Waals surface area contributed by atoms with Crippen molar-refractivity contribution in [2.24, 2.45) is 0 Å². The third kappa shape index (κ3) is 5.33. The summed E-state index contributed by atoms with van der Waals surface area (Å²) in [5.41, 5.74) is 1.31. The molecule has 88 valence electrons. The second kappa shape index (κ2) is 5.66. The fourth-order valence-corrected chi connectivity index (χ4v) is 1.88. The second-order valence-electron chi connectivity index (χ2n) is 5.62. The van der Waals surface area contributed by atoms with Crippen LogP contribution in [0.15, 0.2) is 24.3 Å². The minimum absolute atomic E-state index is 0.297. The fourth-order valence-electron chi connectivity index (χ4n) is 0.854. The van der Waals surface area contributed by atoms with Gasteiger partial charge in [0.15, 0.2) is 8.32 Å². The van der Waals surface area contributed by atoms with Crippen LogP contribution >= 0.6 is 0 Å². The van der Waals surface area contributed by atoms with E-state index in [0.717, 1.165) is 13.0 Å². The molecular formula is C13H26OSi. The zero-order valence-corrected chi connectivity index (χ0v) is 12.2. The summed E-state index contributed by atoms with van der Waals surface area (Å²) in [5, 5.41) is 0.297. The van der Waals surface area contributed by atoms with Crippen molar-refractivity contribution in [1.82, 2.24) is 0 Å². The quantitative estimate of drug-likeness (QED) is 0.494. The van der Waals surface area contributed by atoms with E-state index in [1.165, 1.54) is 5.57 Å². The first kappa shape index (κ1) is 14.7. The summed E-state index contributed by atoms with van der Waals surface area (Å²) < 4.78 is 6.09. The highest BCUT2D eigenvalue weighted by molar-refractivity contribution is 6.74. The van der Waals surface area contributed by atoms with E-state index in [1.807, 2.05) is 6.08 Å². The molecule has 0 atom stereocenters. The van der Waals surface area contributed by atoms with E-state index in [0.29, 0.717) is 5.04 Å². The first-order chi connectivity index (χ1) is 6.70. The van der Waals surface area contributed by atoms with Crippen LogP contribution in [-0.4, -0.2) is 14.9 Å². The molecule has 15 heavy (non-hydrogen) atoms. The highest BCUT2D eigenvalue weighted by atomic mass is 28.4. The number of allylic oxidation sites excluding steroid dienone is 2. The summed E-state index contributed by atoms with van der Waals surface area (Å²) in [6.07, 6.45) is 5.03. The van der Waals surface area contributed by atoms with Gasteiger partial charge in [0.1, 0.15) is 0 Å². The first-order valence-corrected chi connectivity index (χ1v) is 8.52. The fraction of sp³-hybridized carbons (Fsp3) is 0.692. The predicted molar refractivity (Wildman–Crippen MR) is 71.7 cm³/mol. The molecule has 0 bridgehead atoms. The Morgan fingerprint density at radius 3 is 2.27 bits per heavy atom. The van der Waals surface area contributed by atoms with E-state index < -0.39 is 8.32 Å². The molecule has 0 aliphatic carbocycles. The highest BCUT2D eigenvalue weighted by Crippen LogP contribution is 2.36. The van der Waals surface area contributed by atoms with Crippen LogP contribution in [0.5, 0.6) is 0 Å². The molecule has 0 aromatic carbocycles. The van der Waals surface area contributed by atoms with Crippen LogP contribution in [0.2, 0.25) is 18.1 Å². The summed E-state index contributed by atoms with van der Waals surface area (Å²) in [4.78, 5) is 0. The van der Waals surface area contributed by atoms with Crippen molar-refractivity contribution in [3.8, 4) is 0 Å². The molecule has 0 unspecified atom stereocenters. The predicted octanol–water partition coefficient (Wildman–Crippen LogP) is 4.53. The number of hydrogen-bond acceptors (Lipinski definition) is 1. The maximum Gasteiger partial charge on any atom is 0.192 e. The molecule has 0 aliphatic rings. The van der Waals surface area contributed by atoms with E-state index in [9.17, 15) is 0 Å². The monoisotopic (exact) mass is 226 g/mol. The minimum Gasteiger partial charge on any atom is -0.413 e. The molecular weight excluding hydrogens is 200 g/mol. The van der Waals surface area contributed by atoms with Crippen LogP contribution in [0.25, 0.3) is 0 Å². The summed E-state index contributed by atoms with van der Waals surface area (Å²) in [6.45, 7) is 18.0. The zero-order valence-electron chi connectivity index (χ0n) is 11.2. The average molecular weight is 226 g/mol. The Morgan fingerprint density at radius 2 is 1.87 bits per heavy atom. The van der Waals surface area contributed by atoms with Crippen LogP contribution < -0.4 is 0 Å². The van der Waals surface area contributed by atoms with Crippen molar-refractivity contribution in [3.05, 3.63) is 24.3 Å². The molecule has 2 heteroatoms. The molecule has 1 nitrogen and oxygen atoms in total. The lowest BCUT2D eigenvalue weighted by molar-refractivity contribution is 0.318. The molecule has 0 fully saturated rings. The molecule has 0 radical (unpaired) electrons. The molecule has 0 heterocycles. The standard InChI is InChI=1S/C13H26OSi/c1-8-9-10-12(2)11-14-15(6,7)13(3,4)5/h8,10H,1,9,11H2,2-7H3/b12-10+. The average Bonchev–Trinajstić information content (AvgIpc) is 2.09. The van der Waals surface area contributed by atoms with E-state index in [-0.39, 0.29) is 0 Å². The number of rotatable bonds is 5. The van der Waals surface area contributed by atoms with Gasteiger partial charge in [-0.1, -0.05) is 38.5 Å². The van der Waals surface area contributed by atoms with Crippen molar-refractivity contribution in [2.45, 2.75) is 52.2 Å². The van der Waals surface area contributed by atoms with Crippen molar-refractivity contribution >= 4 is 8.32 Å². The van der Waals surface area contributed by atoms with Gasteiger partial charge in [-0.05, 0) is 31.5 Å². The second-order valence-corrected chi connectivity index (χ2v) is 10.4. The summed E-state index contributed by atoms with van der Waals surface area (Å²) in [5.74, 6) is 0. The van der Waals surface area contributed by atoms with E-state index >= 15 is 0 Å². The van der Waals surface area contributed by atoms with Crippen LogP contribution in [0.1, 0.15) is 34.1 Å². The molecule has 0 saturated heterocycles. The van der Waals surface area contributed by atoms with Crippen LogP contribution in [0.3, 0.4) is 0 Å². The number of hydrogen-bond donors (Lipinski definition) is 0. The van der Waals surface area contributed by atoms with Gasteiger partial charge in [0.25, 0.3) is 0 Å². The Hall–Kier alpha value is -0.343. The Bertz CT molecular complexity index is 233. The van der Waals surface area contributed by atoms with Gasteiger partial charge in [-0.15, -0.1) is 6.58 Å². The summed E-state index contributed by atoms with van der Waals surface area (Å²) in [7, 11) is -1.57. The van der Waals surface area contributed by atoms with Crippen molar-refractivity contribution in [2.75, 3.05) is 6.61 Å². The van der Waals surface area contributed by atoms with Crippen molar-refractivity contribution in [1.29, 1.82) is 0 Å². The minimum atomic E-state index is -1.57. The molecule has 0 N–H and O–H groups in total. The topological polar surface area (TPSA) is 9.23 Å². The van der Waals surface area contributed by atoms with Gasteiger partial charge in [0.2, 0.25) is 0 Å². The maximum atomic E-state index is 6.09. The van der Waals surface area contributed by atoms with Gasteiger partial charge < -0.3 is 4.43 Å². The molecule has 0 aromatic rings. The largest absolute Gasteiger partial charge is 0.413 e. The molecule has 0 amide bonds. The van der Waals surface area contributed by atoms with Crippen molar-refractivity contribution in [3.63, 3.8) is 0 Å². The first-order valence-electron chi connectivity index (χ1n) is 5.61. The van der Waals surface area contributed by atoms with Gasteiger partial charge >= 0.3 is 0 Å². The van der Waals surface area contributed by atoms with Crippen LogP contribution in [0, 0.1) is 0 Å². The van der Waals surface area contributed by atoms with Gasteiger partial charge in [0.05, 0.1) is 6.61 Å². The van der Waals surface area contributed by atoms with Crippen molar-refractivity contribution < 1.29 is 4.43 Å². The molecule has 0 aliphatic heterocycles. The summed E-state index contributed by atoms with van der Waals surface area (Å²) in [6, 6.07) is 0. The van der Waals surface area contributed by atoms with Crippen LogP contribution in [-0.2, 0) is 4.43 Å². The van der Waals surface area contributed by atoms with Gasteiger partial charge in [0, 0.05) is 0 Å². The summed E-state index contributed by atoms with van der Waals surface area (Å²) >= 11 is 0. The van der Waals surface area contributed by atoms with E-state index in [4.69, 9.17) is 4.43 Å². The maximum absolute atomic E-state index is 6.09. The Labute approximate surface area is 96.4 Å². The SMILES string of the molecule is C=CC/C=C(\C)CO[Si](C)(C)C(C)(C)C. The molecule has 0 aromatic heterocycles. The third-order valence-electron chi connectivity index (χ3n) is 3.10. The van der Waals surface area contributed by atoms with Crippen LogP contribution in [0.4, 0.5) is 0 Å². The lowest BCUT2D eigenvalue weighted by Crippen LogP contribution is -2.41. The Kier molecular flexibility index (Phi) is 5.53.